The van der Waals surface area contributed by atoms with E-state index in [1.165, 1.54) is 0 Å². The quantitative estimate of drug-likeness (QED) is 0.670. The van der Waals surface area contributed by atoms with Gasteiger partial charge in [0, 0.05) is 6.54 Å². The molecule has 0 amide bonds. The second-order valence-electron chi connectivity index (χ2n) is 4.67. The summed E-state index contributed by atoms with van der Waals surface area (Å²) in [5.41, 5.74) is 3.43. The van der Waals surface area contributed by atoms with E-state index in [-0.39, 0.29) is 11.1 Å². The molecule has 3 rings (SSSR count). The summed E-state index contributed by atoms with van der Waals surface area (Å²) in [7, 11) is 0. The summed E-state index contributed by atoms with van der Waals surface area (Å²) >= 11 is 8.08. The maximum Gasteiger partial charge on any atom is 0.419 e. The molecule has 0 aliphatic rings. The minimum absolute atomic E-state index is 0.217. The lowest BCUT2D eigenvalue weighted by Gasteiger charge is -2.08. The number of benzene rings is 1. The summed E-state index contributed by atoms with van der Waals surface area (Å²) in [6.45, 7) is 2.70. The Morgan fingerprint density at radius 3 is 2.90 bits per heavy atom. The molecule has 0 spiro atoms. The van der Waals surface area contributed by atoms with Crippen molar-refractivity contribution >= 4 is 34.0 Å². The van der Waals surface area contributed by atoms with Crippen LogP contribution in [0.25, 0.3) is 11.1 Å². The number of aryl methyl sites for hydroxylation is 1. The number of aromatic nitrogens is 1. The van der Waals surface area contributed by atoms with Crippen LogP contribution in [0.4, 0.5) is 0 Å². The SMILES string of the molecule is CCCn1c(=O)oc2cc(C(Cl)c3ccsc3)ccc21. The Labute approximate surface area is 125 Å². The molecule has 0 radical (unpaired) electrons. The van der Waals surface area contributed by atoms with Crippen molar-refractivity contribution in [1.29, 1.82) is 0 Å². The second kappa shape index (κ2) is 5.46. The van der Waals surface area contributed by atoms with Crippen LogP contribution in [0.1, 0.15) is 29.8 Å². The molecule has 0 bridgehead atoms. The molecule has 2 heterocycles. The van der Waals surface area contributed by atoms with Gasteiger partial charge >= 0.3 is 5.76 Å². The van der Waals surface area contributed by atoms with Crippen LogP contribution in [-0.4, -0.2) is 4.57 Å². The van der Waals surface area contributed by atoms with Crippen molar-refractivity contribution in [3.05, 3.63) is 56.7 Å². The number of alkyl halides is 1. The van der Waals surface area contributed by atoms with Gasteiger partial charge in [0.25, 0.3) is 0 Å². The van der Waals surface area contributed by atoms with Gasteiger partial charge in [-0.3, -0.25) is 4.57 Å². The normalized spacial score (nSPS) is 12.9. The summed E-state index contributed by atoms with van der Waals surface area (Å²) < 4.78 is 6.97. The van der Waals surface area contributed by atoms with Crippen LogP contribution < -0.4 is 5.76 Å². The molecule has 20 heavy (non-hydrogen) atoms. The van der Waals surface area contributed by atoms with E-state index in [1.54, 1.807) is 15.9 Å². The molecule has 3 nitrogen and oxygen atoms in total. The van der Waals surface area contributed by atoms with Crippen LogP contribution in [0.2, 0.25) is 0 Å². The monoisotopic (exact) mass is 307 g/mol. The molecule has 5 heteroatoms. The van der Waals surface area contributed by atoms with E-state index >= 15 is 0 Å². The Hall–Kier alpha value is -1.52. The fraction of sp³-hybridized carbons (Fsp3) is 0.267. The van der Waals surface area contributed by atoms with Gasteiger partial charge < -0.3 is 4.42 Å². The van der Waals surface area contributed by atoms with Crippen LogP contribution >= 0.6 is 22.9 Å². The number of thiophene rings is 1. The first-order valence-corrected chi connectivity index (χ1v) is 7.88. The first-order chi connectivity index (χ1) is 9.70. The summed E-state index contributed by atoms with van der Waals surface area (Å²) in [4.78, 5) is 11.8. The predicted molar refractivity (Wildman–Crippen MR) is 82.8 cm³/mol. The number of fused-ring (bicyclic) bond motifs is 1. The van der Waals surface area contributed by atoms with Crippen molar-refractivity contribution in [1.82, 2.24) is 4.57 Å². The lowest BCUT2D eigenvalue weighted by Crippen LogP contribution is -2.13. The summed E-state index contributed by atoms with van der Waals surface area (Å²) in [5.74, 6) is -0.305. The third-order valence-corrected chi connectivity index (χ3v) is 4.47. The van der Waals surface area contributed by atoms with Crippen molar-refractivity contribution in [3.63, 3.8) is 0 Å². The highest BCUT2D eigenvalue weighted by atomic mass is 35.5. The lowest BCUT2D eigenvalue weighted by molar-refractivity contribution is 0.502. The van der Waals surface area contributed by atoms with Gasteiger partial charge in [0.05, 0.1) is 10.9 Å². The van der Waals surface area contributed by atoms with Gasteiger partial charge in [-0.15, -0.1) is 11.6 Å². The second-order valence-corrected chi connectivity index (χ2v) is 5.88. The Kier molecular flexibility index (Phi) is 3.68. The van der Waals surface area contributed by atoms with E-state index in [4.69, 9.17) is 16.0 Å². The van der Waals surface area contributed by atoms with Gasteiger partial charge in [0.15, 0.2) is 5.58 Å². The third kappa shape index (κ3) is 2.30. The van der Waals surface area contributed by atoms with Gasteiger partial charge in [0.1, 0.15) is 0 Å². The molecule has 1 aromatic carbocycles. The van der Waals surface area contributed by atoms with Crippen molar-refractivity contribution in [2.24, 2.45) is 0 Å². The van der Waals surface area contributed by atoms with E-state index in [9.17, 15) is 4.79 Å². The molecule has 0 N–H and O–H groups in total. The molecule has 0 fully saturated rings. The number of halogens is 1. The third-order valence-electron chi connectivity index (χ3n) is 3.27. The number of nitrogens with zero attached hydrogens (tertiary/aromatic N) is 1. The van der Waals surface area contributed by atoms with Crippen molar-refractivity contribution in [3.8, 4) is 0 Å². The smallest absolute Gasteiger partial charge is 0.408 e. The molecule has 0 aliphatic heterocycles. The van der Waals surface area contributed by atoms with Crippen molar-refractivity contribution in [2.75, 3.05) is 0 Å². The number of rotatable bonds is 4. The minimum atomic E-state index is -0.305. The molecule has 1 unspecified atom stereocenters. The van der Waals surface area contributed by atoms with Crippen LogP contribution in [0.15, 0.2) is 44.2 Å². The standard InChI is InChI=1S/C15H14ClNO2S/c1-2-6-17-12-4-3-10(8-13(12)19-15(17)18)14(16)11-5-7-20-9-11/h3-5,7-9,14H,2,6H2,1H3. The Morgan fingerprint density at radius 2 is 2.20 bits per heavy atom. The highest BCUT2D eigenvalue weighted by Crippen LogP contribution is 2.31. The van der Waals surface area contributed by atoms with Crippen LogP contribution in [-0.2, 0) is 6.54 Å². The molecular weight excluding hydrogens is 294 g/mol. The predicted octanol–water partition coefficient (Wildman–Crippen LogP) is 4.39. The largest absolute Gasteiger partial charge is 0.419 e. The molecule has 3 aromatic rings. The summed E-state index contributed by atoms with van der Waals surface area (Å²) in [5, 5.41) is 3.81. The number of hydrogen-bond donors (Lipinski definition) is 0. The van der Waals surface area contributed by atoms with E-state index < -0.39 is 0 Å². The van der Waals surface area contributed by atoms with Gasteiger partial charge in [0.2, 0.25) is 0 Å². The molecule has 104 valence electrons. The molecule has 2 aromatic heterocycles. The highest BCUT2D eigenvalue weighted by Gasteiger charge is 2.15. The zero-order valence-corrected chi connectivity index (χ0v) is 12.6. The zero-order chi connectivity index (χ0) is 14.1. The van der Waals surface area contributed by atoms with Crippen molar-refractivity contribution in [2.45, 2.75) is 25.3 Å². The van der Waals surface area contributed by atoms with Gasteiger partial charge in [-0.25, -0.2) is 4.79 Å². The van der Waals surface area contributed by atoms with Gasteiger partial charge in [-0.1, -0.05) is 13.0 Å². The fourth-order valence-electron chi connectivity index (χ4n) is 2.29. The van der Waals surface area contributed by atoms with Crippen LogP contribution in [0, 0.1) is 0 Å². The lowest BCUT2D eigenvalue weighted by atomic mass is 10.1. The maximum atomic E-state index is 11.8. The average Bonchev–Trinajstić information content (AvgIpc) is 3.07. The van der Waals surface area contributed by atoms with E-state index in [0.29, 0.717) is 12.1 Å². The van der Waals surface area contributed by atoms with Crippen LogP contribution in [0.3, 0.4) is 0 Å². The summed E-state index contributed by atoms with van der Waals surface area (Å²) in [6, 6.07) is 7.73. The molecule has 1 atom stereocenters. The summed E-state index contributed by atoms with van der Waals surface area (Å²) in [6.07, 6.45) is 0.892. The Bertz CT molecular complexity index is 773. The van der Waals surface area contributed by atoms with Crippen molar-refractivity contribution < 1.29 is 4.42 Å². The topological polar surface area (TPSA) is 35.1 Å². The maximum absolute atomic E-state index is 11.8. The van der Waals surface area contributed by atoms with Gasteiger partial charge in [-0.05, 0) is 46.5 Å². The highest BCUT2D eigenvalue weighted by molar-refractivity contribution is 7.08. The molecule has 0 saturated heterocycles. The van der Waals surface area contributed by atoms with E-state index in [0.717, 1.165) is 23.1 Å². The van der Waals surface area contributed by atoms with E-state index in [1.807, 2.05) is 41.9 Å². The van der Waals surface area contributed by atoms with E-state index in [2.05, 4.69) is 0 Å². The number of oxazole rings is 1. The first kappa shape index (κ1) is 13.5. The molecule has 0 saturated carbocycles. The van der Waals surface area contributed by atoms with Crippen LogP contribution in [0.5, 0.6) is 0 Å². The minimum Gasteiger partial charge on any atom is -0.408 e. The van der Waals surface area contributed by atoms with Gasteiger partial charge in [-0.2, -0.15) is 11.3 Å². The first-order valence-electron chi connectivity index (χ1n) is 6.50. The molecular formula is C15H14ClNO2S. The Morgan fingerprint density at radius 1 is 1.35 bits per heavy atom. The number of hydrogen-bond acceptors (Lipinski definition) is 3. The zero-order valence-electron chi connectivity index (χ0n) is 11.0. The Balaban J connectivity index is 2.06. The fourth-order valence-corrected chi connectivity index (χ4v) is 3.32. The molecule has 0 aliphatic carbocycles. The average molecular weight is 308 g/mol.